The Labute approximate surface area is 278 Å². The Morgan fingerprint density at radius 2 is 1.66 bits per heavy atom. The molecule has 0 spiro atoms. The molecule has 0 saturated carbocycles. The van der Waals surface area contributed by atoms with Crippen LogP contribution in [0.2, 0.25) is 0 Å². The van der Waals surface area contributed by atoms with Crippen molar-refractivity contribution in [1.82, 2.24) is 9.80 Å². The van der Waals surface area contributed by atoms with Gasteiger partial charge in [-0.1, -0.05) is 55.5 Å². The molecule has 0 unspecified atom stereocenters. The standard InChI is InChI=1S/C37H48N4O6/c1-26-23-41(27(2)25-42)36(44)32-22-31(39-37(45)38-30-16-9-6-10-17-30)18-19-33(32)47-28(3)13-11-12-20-46-34(26)24-40(4)35(43)21-29-14-7-5-8-15-29/h5-10,14-19,22,26-28,34,42H,11-13,20-21,23-25H2,1-4H3,(H2,38,39,45)/t26-,27-,28-,34+/m0/s1. The van der Waals surface area contributed by atoms with Gasteiger partial charge in [0.2, 0.25) is 5.91 Å². The van der Waals surface area contributed by atoms with Crippen molar-refractivity contribution in [3.63, 3.8) is 0 Å². The summed E-state index contributed by atoms with van der Waals surface area (Å²) in [6.07, 6.45) is 2.21. The molecule has 4 atom stereocenters. The van der Waals surface area contributed by atoms with E-state index in [1.807, 2.05) is 62.4 Å². The van der Waals surface area contributed by atoms with Gasteiger partial charge in [-0.2, -0.15) is 0 Å². The number of hydrogen-bond donors (Lipinski definition) is 3. The number of rotatable bonds is 8. The number of anilines is 2. The molecular formula is C37H48N4O6. The van der Waals surface area contributed by atoms with Gasteiger partial charge in [-0.05, 0) is 69.0 Å². The summed E-state index contributed by atoms with van der Waals surface area (Å²) >= 11 is 0. The minimum atomic E-state index is -0.515. The van der Waals surface area contributed by atoms with E-state index in [-0.39, 0.29) is 48.7 Å². The molecule has 4 amide bonds. The second kappa shape index (κ2) is 17.5. The van der Waals surface area contributed by atoms with Gasteiger partial charge in [0.15, 0.2) is 0 Å². The Bertz CT molecular complexity index is 1450. The molecule has 47 heavy (non-hydrogen) atoms. The van der Waals surface area contributed by atoms with E-state index in [2.05, 4.69) is 10.6 Å². The molecule has 0 aliphatic carbocycles. The third-order valence-electron chi connectivity index (χ3n) is 8.42. The lowest BCUT2D eigenvalue weighted by atomic mass is 10.0. The fourth-order valence-corrected chi connectivity index (χ4v) is 5.56. The average molecular weight is 645 g/mol. The Balaban J connectivity index is 1.58. The van der Waals surface area contributed by atoms with E-state index in [9.17, 15) is 19.5 Å². The van der Waals surface area contributed by atoms with Crippen molar-refractivity contribution in [3.8, 4) is 5.75 Å². The Kier molecular flexibility index (Phi) is 13.2. The number of aliphatic hydroxyl groups excluding tert-OH is 1. The molecular weight excluding hydrogens is 596 g/mol. The van der Waals surface area contributed by atoms with Gasteiger partial charge in [0.05, 0.1) is 36.8 Å². The summed E-state index contributed by atoms with van der Waals surface area (Å²) in [6, 6.07) is 22.8. The van der Waals surface area contributed by atoms with Crippen molar-refractivity contribution in [1.29, 1.82) is 0 Å². The zero-order valence-electron chi connectivity index (χ0n) is 27.9. The molecule has 1 heterocycles. The van der Waals surface area contributed by atoms with Crippen molar-refractivity contribution < 1.29 is 29.0 Å². The number of carbonyl (C=O) groups is 3. The number of ether oxygens (including phenoxy) is 2. The first-order valence-electron chi connectivity index (χ1n) is 16.4. The molecule has 4 rings (SSSR count). The predicted molar refractivity (Wildman–Crippen MR) is 184 cm³/mol. The molecule has 10 nitrogen and oxygen atoms in total. The highest BCUT2D eigenvalue weighted by Crippen LogP contribution is 2.28. The van der Waals surface area contributed by atoms with Crippen LogP contribution in [0.4, 0.5) is 16.2 Å². The van der Waals surface area contributed by atoms with Crippen LogP contribution < -0.4 is 15.4 Å². The van der Waals surface area contributed by atoms with Gasteiger partial charge < -0.3 is 35.0 Å². The first-order valence-corrected chi connectivity index (χ1v) is 16.4. The van der Waals surface area contributed by atoms with Crippen molar-refractivity contribution in [2.45, 2.75) is 64.7 Å². The molecule has 3 N–H and O–H groups in total. The molecule has 3 aromatic carbocycles. The van der Waals surface area contributed by atoms with E-state index in [0.717, 1.165) is 24.8 Å². The molecule has 0 bridgehead atoms. The van der Waals surface area contributed by atoms with Gasteiger partial charge in [-0.3, -0.25) is 9.59 Å². The van der Waals surface area contributed by atoms with Gasteiger partial charge in [0.25, 0.3) is 5.91 Å². The third kappa shape index (κ3) is 10.6. The lowest BCUT2D eigenvalue weighted by molar-refractivity contribution is -0.131. The average Bonchev–Trinajstić information content (AvgIpc) is 3.06. The van der Waals surface area contributed by atoms with Gasteiger partial charge in [0.1, 0.15) is 5.75 Å². The zero-order chi connectivity index (χ0) is 33.8. The maximum atomic E-state index is 14.3. The summed E-state index contributed by atoms with van der Waals surface area (Å²) in [4.78, 5) is 43.6. The molecule has 3 aromatic rings. The maximum Gasteiger partial charge on any atom is 0.323 e. The predicted octanol–water partition coefficient (Wildman–Crippen LogP) is 5.83. The monoisotopic (exact) mass is 644 g/mol. The highest BCUT2D eigenvalue weighted by molar-refractivity contribution is 6.02. The van der Waals surface area contributed by atoms with Gasteiger partial charge >= 0.3 is 6.03 Å². The first-order chi connectivity index (χ1) is 22.6. The first kappa shape index (κ1) is 35.4. The number of nitrogens with one attached hydrogen (secondary N) is 2. The topological polar surface area (TPSA) is 120 Å². The van der Waals surface area contributed by atoms with Gasteiger partial charge in [0, 0.05) is 44.0 Å². The van der Waals surface area contributed by atoms with E-state index in [4.69, 9.17) is 9.47 Å². The smallest absolute Gasteiger partial charge is 0.323 e. The second-order valence-electron chi connectivity index (χ2n) is 12.4. The van der Waals surface area contributed by atoms with Crippen LogP contribution in [-0.4, -0.2) is 84.4 Å². The van der Waals surface area contributed by atoms with Crippen LogP contribution in [0.15, 0.2) is 78.9 Å². The number of aliphatic hydroxyl groups is 1. The molecule has 0 saturated heterocycles. The number of nitrogens with zero attached hydrogens (tertiary/aromatic N) is 2. The van der Waals surface area contributed by atoms with E-state index in [0.29, 0.717) is 36.7 Å². The van der Waals surface area contributed by atoms with Crippen LogP contribution in [0.5, 0.6) is 5.75 Å². The lowest BCUT2D eigenvalue weighted by Crippen LogP contribution is -2.48. The van der Waals surface area contributed by atoms with E-state index in [1.165, 1.54) is 0 Å². The highest BCUT2D eigenvalue weighted by atomic mass is 16.5. The zero-order valence-corrected chi connectivity index (χ0v) is 27.9. The second-order valence-corrected chi connectivity index (χ2v) is 12.4. The molecule has 0 radical (unpaired) electrons. The summed E-state index contributed by atoms with van der Waals surface area (Å²) < 4.78 is 12.7. The van der Waals surface area contributed by atoms with Crippen LogP contribution in [0.25, 0.3) is 0 Å². The van der Waals surface area contributed by atoms with Crippen LogP contribution in [0.3, 0.4) is 0 Å². The molecule has 252 valence electrons. The number of urea groups is 1. The summed E-state index contributed by atoms with van der Waals surface area (Å²) in [5.74, 6) is -0.115. The van der Waals surface area contributed by atoms with E-state index in [1.54, 1.807) is 54.1 Å². The molecule has 1 aliphatic rings. The number of fused-ring (bicyclic) bond motifs is 1. The number of hydrogen-bond acceptors (Lipinski definition) is 6. The van der Waals surface area contributed by atoms with Crippen LogP contribution in [0, 0.1) is 5.92 Å². The number of carbonyl (C=O) groups excluding carboxylic acids is 3. The molecule has 0 aromatic heterocycles. The third-order valence-corrected chi connectivity index (χ3v) is 8.42. The summed E-state index contributed by atoms with van der Waals surface area (Å²) in [5, 5.41) is 15.8. The molecule has 1 aliphatic heterocycles. The normalized spacial score (nSPS) is 19.8. The number of amides is 4. The number of para-hydroxylation sites is 1. The Morgan fingerprint density at radius 1 is 0.979 bits per heavy atom. The van der Waals surface area contributed by atoms with Crippen molar-refractivity contribution in [2.24, 2.45) is 5.92 Å². The number of benzene rings is 3. The minimum absolute atomic E-state index is 0.0145. The van der Waals surface area contributed by atoms with Crippen molar-refractivity contribution in [2.75, 3.05) is 44.0 Å². The summed E-state index contributed by atoms with van der Waals surface area (Å²) in [5.41, 5.74) is 2.29. The quantitative estimate of drug-likeness (QED) is 0.284. The fourth-order valence-electron chi connectivity index (χ4n) is 5.56. The largest absolute Gasteiger partial charge is 0.490 e. The van der Waals surface area contributed by atoms with Crippen molar-refractivity contribution in [3.05, 3.63) is 90.0 Å². The molecule has 0 fully saturated rings. The SMILES string of the molecule is C[C@H]1CCCCO[C@H](CN(C)C(=O)Cc2ccccc2)[C@@H](C)CN([C@@H](C)CO)C(=O)c2cc(NC(=O)Nc3ccccc3)ccc2O1. The lowest BCUT2D eigenvalue weighted by Gasteiger charge is -2.36. The van der Waals surface area contributed by atoms with E-state index < -0.39 is 12.1 Å². The maximum absolute atomic E-state index is 14.3. The summed E-state index contributed by atoms with van der Waals surface area (Å²) in [7, 11) is 1.78. The fraction of sp³-hybridized carbons (Fsp3) is 0.432. The van der Waals surface area contributed by atoms with Gasteiger partial charge in [-0.15, -0.1) is 0 Å². The summed E-state index contributed by atoms with van der Waals surface area (Å²) in [6.45, 7) is 6.66. The minimum Gasteiger partial charge on any atom is -0.490 e. The highest BCUT2D eigenvalue weighted by Gasteiger charge is 2.31. The van der Waals surface area contributed by atoms with Crippen LogP contribution in [-0.2, 0) is 16.0 Å². The van der Waals surface area contributed by atoms with Crippen molar-refractivity contribution >= 4 is 29.2 Å². The van der Waals surface area contributed by atoms with Crippen LogP contribution in [0.1, 0.15) is 56.0 Å². The van der Waals surface area contributed by atoms with Crippen LogP contribution >= 0.6 is 0 Å². The van der Waals surface area contributed by atoms with Gasteiger partial charge in [-0.25, -0.2) is 4.79 Å². The number of likely N-dealkylation sites (N-methyl/N-ethyl adjacent to an activating group) is 1. The Hall–Kier alpha value is -4.41. The Morgan fingerprint density at radius 3 is 2.36 bits per heavy atom. The van der Waals surface area contributed by atoms with E-state index >= 15 is 0 Å². The molecule has 10 heteroatoms.